The van der Waals surface area contributed by atoms with Crippen molar-refractivity contribution in [3.05, 3.63) is 76.0 Å². The van der Waals surface area contributed by atoms with E-state index >= 15 is 0 Å². The molecule has 0 amide bonds. The third kappa shape index (κ3) is 3.81. The van der Waals surface area contributed by atoms with Crippen molar-refractivity contribution in [1.82, 2.24) is 0 Å². The first-order chi connectivity index (χ1) is 12.5. The van der Waals surface area contributed by atoms with E-state index in [1.54, 1.807) is 19.1 Å². The number of aryl methyl sites for hydroxylation is 1. The van der Waals surface area contributed by atoms with Gasteiger partial charge in [-0.25, -0.2) is 4.79 Å². The first-order valence-corrected chi connectivity index (χ1v) is 8.91. The van der Waals surface area contributed by atoms with Crippen molar-refractivity contribution in [1.29, 1.82) is 0 Å². The highest BCUT2D eigenvalue weighted by Crippen LogP contribution is 2.39. The topological polar surface area (TPSA) is 55.4 Å². The molecule has 0 bridgehead atoms. The van der Waals surface area contributed by atoms with Gasteiger partial charge in [0.25, 0.3) is 0 Å². The van der Waals surface area contributed by atoms with E-state index in [0.717, 1.165) is 16.8 Å². The maximum atomic E-state index is 12.7. The predicted octanol–water partition coefficient (Wildman–Crippen LogP) is 4.63. The molecule has 0 unspecified atom stereocenters. The summed E-state index contributed by atoms with van der Waals surface area (Å²) in [6.07, 6.45) is 0.226. The maximum absolute atomic E-state index is 12.7. The third-order valence-electron chi connectivity index (χ3n) is 4.37. The quantitative estimate of drug-likeness (QED) is 0.780. The molecular weight excluding hydrogens is 350 g/mol. The lowest BCUT2D eigenvalue weighted by Gasteiger charge is -2.15. The lowest BCUT2D eigenvalue weighted by Crippen LogP contribution is -2.16. The summed E-state index contributed by atoms with van der Waals surface area (Å²) in [6, 6.07) is 14.9. The molecule has 4 nitrogen and oxygen atoms in total. The molecule has 0 saturated heterocycles. The van der Waals surface area contributed by atoms with Gasteiger partial charge in [0.2, 0.25) is 0 Å². The first kappa shape index (κ1) is 18.2. The fourth-order valence-corrected chi connectivity index (χ4v) is 3.19. The number of carbonyl (C=O) groups excluding carboxylic acids is 2. The zero-order valence-corrected chi connectivity index (χ0v) is 15.5. The van der Waals surface area contributed by atoms with E-state index in [2.05, 4.69) is 5.32 Å². The maximum Gasteiger partial charge on any atom is 0.336 e. The Morgan fingerprint density at radius 3 is 2.42 bits per heavy atom. The van der Waals surface area contributed by atoms with Crippen LogP contribution in [0, 0.1) is 6.92 Å². The SMILES string of the molecule is CCOC(=O)C1=C(Nc2ccc(C)cc2)C(=O)C[C@H]1c1ccc(Cl)cc1. The number of Topliss-reactive ketones (excluding diaryl/α,β-unsaturated/α-hetero) is 1. The van der Waals surface area contributed by atoms with Crippen LogP contribution in [0.15, 0.2) is 59.8 Å². The van der Waals surface area contributed by atoms with Gasteiger partial charge in [-0.1, -0.05) is 41.4 Å². The molecular formula is C21H20ClNO3. The summed E-state index contributed by atoms with van der Waals surface area (Å²) in [5.74, 6) is -0.909. The molecule has 134 valence electrons. The molecule has 1 aliphatic carbocycles. The second-order valence-electron chi connectivity index (χ2n) is 6.23. The lowest BCUT2D eigenvalue weighted by molar-refractivity contribution is -0.138. The van der Waals surface area contributed by atoms with Crippen LogP contribution < -0.4 is 5.32 Å². The molecule has 5 heteroatoms. The van der Waals surface area contributed by atoms with Gasteiger partial charge in [0, 0.05) is 23.0 Å². The second kappa shape index (κ2) is 7.75. The highest BCUT2D eigenvalue weighted by Gasteiger charge is 2.38. The molecule has 2 aromatic rings. The molecule has 26 heavy (non-hydrogen) atoms. The predicted molar refractivity (Wildman–Crippen MR) is 102 cm³/mol. The van der Waals surface area contributed by atoms with Gasteiger partial charge in [-0.3, -0.25) is 4.79 Å². The van der Waals surface area contributed by atoms with Crippen LogP contribution in [-0.2, 0) is 14.3 Å². The van der Waals surface area contributed by atoms with Gasteiger partial charge in [0.15, 0.2) is 5.78 Å². The van der Waals surface area contributed by atoms with E-state index in [9.17, 15) is 9.59 Å². The summed E-state index contributed by atoms with van der Waals surface area (Å²) in [7, 11) is 0. The van der Waals surface area contributed by atoms with Gasteiger partial charge in [0.1, 0.15) is 0 Å². The van der Waals surface area contributed by atoms with Gasteiger partial charge in [-0.05, 0) is 43.7 Å². The summed E-state index contributed by atoms with van der Waals surface area (Å²) in [5, 5.41) is 3.73. The van der Waals surface area contributed by atoms with E-state index in [1.807, 2.05) is 43.3 Å². The number of benzene rings is 2. The van der Waals surface area contributed by atoms with Gasteiger partial charge < -0.3 is 10.1 Å². The normalized spacial score (nSPS) is 16.7. The van der Waals surface area contributed by atoms with Crippen LogP contribution in [0.25, 0.3) is 0 Å². The molecule has 0 saturated carbocycles. The van der Waals surface area contributed by atoms with Crippen LogP contribution in [0.4, 0.5) is 5.69 Å². The van der Waals surface area contributed by atoms with E-state index in [4.69, 9.17) is 16.3 Å². The van der Waals surface area contributed by atoms with Crippen molar-refractivity contribution >= 4 is 29.0 Å². The molecule has 0 fully saturated rings. The molecule has 2 aromatic carbocycles. The monoisotopic (exact) mass is 369 g/mol. The Labute approximate surface area is 157 Å². The number of nitrogens with one attached hydrogen (secondary N) is 1. The number of allylic oxidation sites excluding steroid dienone is 1. The minimum atomic E-state index is -0.465. The second-order valence-corrected chi connectivity index (χ2v) is 6.67. The number of esters is 1. The van der Waals surface area contributed by atoms with E-state index in [-0.39, 0.29) is 24.7 Å². The Morgan fingerprint density at radius 2 is 1.81 bits per heavy atom. The summed E-state index contributed by atoms with van der Waals surface area (Å²) < 4.78 is 5.22. The van der Waals surface area contributed by atoms with Crippen molar-refractivity contribution in [3.8, 4) is 0 Å². The molecule has 1 aliphatic rings. The minimum absolute atomic E-state index is 0.103. The molecule has 0 heterocycles. The summed E-state index contributed by atoms with van der Waals surface area (Å²) >= 11 is 5.96. The highest BCUT2D eigenvalue weighted by atomic mass is 35.5. The molecule has 0 spiro atoms. The number of hydrogen-bond donors (Lipinski definition) is 1. The number of rotatable bonds is 5. The number of carbonyl (C=O) groups is 2. The van der Waals surface area contributed by atoms with E-state index in [1.165, 1.54) is 0 Å². The van der Waals surface area contributed by atoms with Crippen LogP contribution in [0.1, 0.15) is 30.4 Å². The minimum Gasteiger partial charge on any atom is -0.463 e. The van der Waals surface area contributed by atoms with Gasteiger partial charge in [-0.2, -0.15) is 0 Å². The van der Waals surface area contributed by atoms with Crippen LogP contribution in [0.5, 0.6) is 0 Å². The Hall–Kier alpha value is -2.59. The zero-order chi connectivity index (χ0) is 18.7. The largest absolute Gasteiger partial charge is 0.463 e. The van der Waals surface area contributed by atoms with Crippen LogP contribution in [-0.4, -0.2) is 18.4 Å². The van der Waals surface area contributed by atoms with E-state index < -0.39 is 5.97 Å². The zero-order valence-electron chi connectivity index (χ0n) is 14.7. The van der Waals surface area contributed by atoms with Crippen molar-refractivity contribution in [2.75, 3.05) is 11.9 Å². The Bertz CT molecular complexity index is 854. The number of anilines is 1. The number of hydrogen-bond acceptors (Lipinski definition) is 4. The van der Waals surface area contributed by atoms with Crippen molar-refractivity contribution in [3.63, 3.8) is 0 Å². The van der Waals surface area contributed by atoms with Gasteiger partial charge >= 0.3 is 5.97 Å². The van der Waals surface area contributed by atoms with Crippen molar-refractivity contribution < 1.29 is 14.3 Å². The van der Waals surface area contributed by atoms with Gasteiger partial charge in [0.05, 0.1) is 17.9 Å². The summed E-state index contributed by atoms with van der Waals surface area (Å²) in [6.45, 7) is 3.99. The molecule has 1 N–H and O–H groups in total. The standard InChI is InChI=1S/C21H20ClNO3/c1-3-26-21(25)19-17(14-6-8-15(22)9-7-14)12-18(24)20(19)23-16-10-4-13(2)5-11-16/h4-11,17,23H,3,12H2,1-2H3/t17-/m0/s1. The molecule has 0 radical (unpaired) electrons. The average molecular weight is 370 g/mol. The van der Waals surface area contributed by atoms with Crippen molar-refractivity contribution in [2.24, 2.45) is 0 Å². The fraction of sp³-hybridized carbons (Fsp3) is 0.238. The summed E-state index contributed by atoms with van der Waals surface area (Å²) in [4.78, 5) is 25.3. The van der Waals surface area contributed by atoms with Crippen molar-refractivity contribution in [2.45, 2.75) is 26.2 Å². The fourth-order valence-electron chi connectivity index (χ4n) is 3.07. The lowest BCUT2D eigenvalue weighted by atomic mass is 9.92. The smallest absolute Gasteiger partial charge is 0.336 e. The summed E-state index contributed by atoms with van der Waals surface area (Å²) in [5.41, 5.74) is 3.43. The molecule has 0 aromatic heterocycles. The van der Waals surface area contributed by atoms with E-state index in [0.29, 0.717) is 16.3 Å². The Balaban J connectivity index is 2.01. The Morgan fingerprint density at radius 1 is 1.15 bits per heavy atom. The Kier molecular flexibility index (Phi) is 5.43. The third-order valence-corrected chi connectivity index (χ3v) is 4.63. The number of halogens is 1. The first-order valence-electron chi connectivity index (χ1n) is 8.53. The number of ketones is 1. The van der Waals surface area contributed by atoms with Crippen LogP contribution in [0.2, 0.25) is 5.02 Å². The number of ether oxygens (including phenoxy) is 1. The average Bonchev–Trinajstić information content (AvgIpc) is 2.94. The van der Waals surface area contributed by atoms with Gasteiger partial charge in [-0.15, -0.1) is 0 Å². The van der Waals surface area contributed by atoms with Crippen LogP contribution in [0.3, 0.4) is 0 Å². The molecule has 3 rings (SSSR count). The molecule has 1 atom stereocenters. The molecule has 0 aliphatic heterocycles. The van der Waals surface area contributed by atoms with Crippen LogP contribution >= 0.6 is 11.6 Å². The highest BCUT2D eigenvalue weighted by molar-refractivity contribution is 6.30.